The first-order chi connectivity index (χ1) is 14.0. The summed E-state index contributed by atoms with van der Waals surface area (Å²) in [6, 6.07) is 13.7. The molecule has 9 heteroatoms. The molecule has 1 atom stereocenters. The van der Waals surface area contributed by atoms with E-state index in [9.17, 15) is 18.0 Å². The van der Waals surface area contributed by atoms with E-state index in [2.05, 4.69) is 27.9 Å². The number of likely N-dealkylation sites (N-methyl/N-ethyl adjacent to an activating group) is 1. The molecule has 7 nitrogen and oxygen atoms in total. The fraction of sp³-hybridized carbons (Fsp3) is 0.333. The largest absolute Gasteiger partial charge is 0.357 e. The highest BCUT2D eigenvalue weighted by molar-refractivity contribution is 14.1. The first-order valence-electron chi connectivity index (χ1n) is 9.33. The van der Waals surface area contributed by atoms with Crippen LogP contribution in [0.1, 0.15) is 18.1 Å². The first kappa shape index (κ1) is 24.1. The van der Waals surface area contributed by atoms with Crippen LogP contribution < -0.4 is 9.62 Å². The molecule has 0 fully saturated rings. The van der Waals surface area contributed by atoms with Gasteiger partial charge in [-0.3, -0.25) is 13.9 Å². The summed E-state index contributed by atoms with van der Waals surface area (Å²) in [5.41, 5.74) is 2.29. The number of nitrogens with zero attached hydrogens (tertiary/aromatic N) is 2. The number of anilines is 1. The Bertz CT molecular complexity index is 1010. The number of nitrogens with one attached hydrogen (secondary N) is 1. The number of carbonyl (C=O) groups excluding carboxylic acids is 2. The van der Waals surface area contributed by atoms with Crippen LogP contribution in [0, 0.1) is 10.5 Å². The summed E-state index contributed by atoms with van der Waals surface area (Å²) in [6.45, 7) is 3.37. The number of sulfonamides is 1. The second kappa shape index (κ2) is 10.3. The SMILES string of the molecule is CNC(=O)[C@H](C)N(Cc1cccc(C)c1)C(=O)CN(c1ccc(I)cc1)S(C)(=O)=O. The standard InChI is InChI=1S/C21H26IN3O4S/c1-15-6-5-7-17(12-15)13-24(16(2)21(27)23-3)20(26)14-25(30(4,28)29)19-10-8-18(22)9-11-19/h5-12,16H,13-14H2,1-4H3,(H,23,27)/t16-/m0/s1. The third kappa shape index (κ3) is 6.43. The Balaban J connectivity index is 2.36. The molecule has 2 amide bonds. The van der Waals surface area contributed by atoms with Gasteiger partial charge in [0.05, 0.1) is 11.9 Å². The summed E-state index contributed by atoms with van der Waals surface area (Å²) in [7, 11) is -2.21. The highest BCUT2D eigenvalue weighted by Crippen LogP contribution is 2.20. The van der Waals surface area contributed by atoms with E-state index >= 15 is 0 Å². The average molecular weight is 543 g/mol. The second-order valence-electron chi connectivity index (χ2n) is 7.05. The van der Waals surface area contributed by atoms with E-state index in [1.54, 1.807) is 31.2 Å². The van der Waals surface area contributed by atoms with Crippen molar-refractivity contribution in [2.24, 2.45) is 0 Å². The van der Waals surface area contributed by atoms with Crippen molar-refractivity contribution >= 4 is 50.1 Å². The lowest BCUT2D eigenvalue weighted by Gasteiger charge is -2.31. The molecule has 0 aliphatic carbocycles. The maximum absolute atomic E-state index is 13.2. The molecule has 2 aromatic rings. The molecule has 0 bridgehead atoms. The predicted molar refractivity (Wildman–Crippen MR) is 127 cm³/mol. The van der Waals surface area contributed by atoms with Gasteiger partial charge in [0, 0.05) is 17.2 Å². The number of amides is 2. The van der Waals surface area contributed by atoms with Crippen LogP contribution in [0.3, 0.4) is 0 Å². The minimum Gasteiger partial charge on any atom is -0.357 e. The zero-order chi connectivity index (χ0) is 22.5. The van der Waals surface area contributed by atoms with Crippen molar-refractivity contribution in [2.45, 2.75) is 26.4 Å². The zero-order valence-electron chi connectivity index (χ0n) is 17.4. The number of hydrogen-bond acceptors (Lipinski definition) is 4. The lowest BCUT2D eigenvalue weighted by atomic mass is 10.1. The van der Waals surface area contributed by atoms with Crippen LogP contribution >= 0.6 is 22.6 Å². The van der Waals surface area contributed by atoms with Gasteiger partial charge in [-0.15, -0.1) is 0 Å². The van der Waals surface area contributed by atoms with E-state index < -0.39 is 28.5 Å². The monoisotopic (exact) mass is 543 g/mol. The van der Waals surface area contributed by atoms with Gasteiger partial charge in [-0.25, -0.2) is 8.42 Å². The molecule has 0 radical (unpaired) electrons. The molecule has 162 valence electrons. The Labute approximate surface area is 191 Å². The third-order valence-electron chi connectivity index (χ3n) is 4.64. The Morgan fingerprint density at radius 3 is 2.30 bits per heavy atom. The molecule has 2 rings (SSSR count). The van der Waals surface area contributed by atoms with Crippen molar-refractivity contribution in [3.05, 3.63) is 63.2 Å². The fourth-order valence-corrected chi connectivity index (χ4v) is 4.23. The molecule has 30 heavy (non-hydrogen) atoms. The molecule has 0 unspecified atom stereocenters. The van der Waals surface area contributed by atoms with Crippen molar-refractivity contribution in [3.8, 4) is 0 Å². The quantitative estimate of drug-likeness (QED) is 0.519. The van der Waals surface area contributed by atoms with Crippen LogP contribution in [0.15, 0.2) is 48.5 Å². The minimum absolute atomic E-state index is 0.194. The molecule has 0 saturated carbocycles. The molecule has 0 aliphatic heterocycles. The van der Waals surface area contributed by atoms with E-state index in [-0.39, 0.29) is 12.5 Å². The normalized spacial score (nSPS) is 12.2. The van der Waals surface area contributed by atoms with Crippen molar-refractivity contribution < 1.29 is 18.0 Å². The van der Waals surface area contributed by atoms with E-state index in [0.29, 0.717) is 5.69 Å². The Morgan fingerprint density at radius 2 is 1.77 bits per heavy atom. The summed E-state index contributed by atoms with van der Waals surface area (Å²) in [6.07, 6.45) is 1.06. The molecule has 1 N–H and O–H groups in total. The van der Waals surface area contributed by atoms with Gasteiger partial charge < -0.3 is 10.2 Å². The van der Waals surface area contributed by atoms with Gasteiger partial charge in [-0.05, 0) is 66.3 Å². The molecule has 2 aromatic carbocycles. The number of rotatable bonds is 8. The van der Waals surface area contributed by atoms with Gasteiger partial charge in [0.1, 0.15) is 12.6 Å². The Morgan fingerprint density at radius 1 is 1.13 bits per heavy atom. The summed E-state index contributed by atoms with van der Waals surface area (Å²) in [4.78, 5) is 26.9. The van der Waals surface area contributed by atoms with Crippen molar-refractivity contribution in [1.29, 1.82) is 0 Å². The van der Waals surface area contributed by atoms with E-state index in [1.165, 1.54) is 11.9 Å². The van der Waals surface area contributed by atoms with E-state index in [0.717, 1.165) is 25.3 Å². The van der Waals surface area contributed by atoms with Crippen LogP contribution in [0.25, 0.3) is 0 Å². The van der Waals surface area contributed by atoms with Gasteiger partial charge in [-0.1, -0.05) is 29.8 Å². The van der Waals surface area contributed by atoms with Crippen LogP contribution in [-0.4, -0.2) is 51.0 Å². The van der Waals surface area contributed by atoms with Crippen molar-refractivity contribution in [2.75, 3.05) is 24.2 Å². The van der Waals surface area contributed by atoms with Crippen LogP contribution in [-0.2, 0) is 26.2 Å². The zero-order valence-corrected chi connectivity index (χ0v) is 20.4. The maximum Gasteiger partial charge on any atom is 0.244 e. The lowest BCUT2D eigenvalue weighted by molar-refractivity contribution is -0.139. The summed E-state index contributed by atoms with van der Waals surface area (Å²) in [5, 5.41) is 2.55. The van der Waals surface area contributed by atoms with Gasteiger partial charge in [-0.2, -0.15) is 0 Å². The van der Waals surface area contributed by atoms with Gasteiger partial charge in [0.15, 0.2) is 0 Å². The Kier molecular flexibility index (Phi) is 8.25. The van der Waals surface area contributed by atoms with Gasteiger partial charge >= 0.3 is 0 Å². The number of halogens is 1. The third-order valence-corrected chi connectivity index (χ3v) is 6.50. The highest BCUT2D eigenvalue weighted by Gasteiger charge is 2.29. The molecule has 0 saturated heterocycles. The number of aryl methyl sites for hydroxylation is 1. The average Bonchev–Trinajstić information content (AvgIpc) is 2.69. The van der Waals surface area contributed by atoms with Gasteiger partial charge in [0.25, 0.3) is 0 Å². The van der Waals surface area contributed by atoms with E-state index in [4.69, 9.17) is 0 Å². The smallest absolute Gasteiger partial charge is 0.244 e. The summed E-state index contributed by atoms with van der Waals surface area (Å²) < 4.78 is 26.8. The summed E-state index contributed by atoms with van der Waals surface area (Å²) in [5.74, 6) is -0.784. The lowest BCUT2D eigenvalue weighted by Crippen LogP contribution is -2.50. The second-order valence-corrected chi connectivity index (χ2v) is 10.2. The Hall–Kier alpha value is -2.14. The number of carbonyl (C=O) groups is 2. The minimum atomic E-state index is -3.71. The summed E-state index contributed by atoms with van der Waals surface area (Å²) >= 11 is 2.12. The molecule has 0 aromatic heterocycles. The van der Waals surface area contributed by atoms with Crippen LogP contribution in [0.4, 0.5) is 5.69 Å². The predicted octanol–water partition coefficient (Wildman–Crippen LogP) is 2.53. The number of benzene rings is 2. The topological polar surface area (TPSA) is 86.8 Å². The molecule has 0 spiro atoms. The highest BCUT2D eigenvalue weighted by atomic mass is 127. The van der Waals surface area contributed by atoms with Gasteiger partial charge in [0.2, 0.25) is 21.8 Å². The first-order valence-corrected chi connectivity index (χ1v) is 12.3. The van der Waals surface area contributed by atoms with Crippen LogP contribution in [0.2, 0.25) is 0 Å². The number of hydrogen-bond donors (Lipinski definition) is 1. The van der Waals surface area contributed by atoms with E-state index in [1.807, 2.05) is 31.2 Å². The maximum atomic E-state index is 13.2. The molecular weight excluding hydrogens is 517 g/mol. The van der Waals surface area contributed by atoms with Crippen LogP contribution in [0.5, 0.6) is 0 Å². The molecule has 0 aliphatic rings. The fourth-order valence-electron chi connectivity index (χ4n) is 3.02. The van der Waals surface area contributed by atoms with Crippen molar-refractivity contribution in [1.82, 2.24) is 10.2 Å². The molecule has 0 heterocycles. The molecular formula is C21H26IN3O4S. The van der Waals surface area contributed by atoms with Crippen molar-refractivity contribution in [3.63, 3.8) is 0 Å².